The number of nitrogens with one attached hydrogen (secondary N) is 1. The third kappa shape index (κ3) is 4.05. The number of benzene rings is 2. The van der Waals surface area contributed by atoms with E-state index in [2.05, 4.69) is 5.32 Å². The lowest BCUT2D eigenvalue weighted by Crippen LogP contribution is -2.23. The number of carbonyl (C=O) groups is 1. The van der Waals surface area contributed by atoms with E-state index in [0.29, 0.717) is 22.7 Å². The van der Waals surface area contributed by atoms with Crippen LogP contribution in [0.5, 0.6) is 11.5 Å². The molecule has 2 rings (SSSR count). The molecule has 0 aliphatic heterocycles. The Labute approximate surface area is 141 Å². The van der Waals surface area contributed by atoms with E-state index in [1.165, 1.54) is 20.3 Å². The van der Waals surface area contributed by atoms with Gasteiger partial charge < -0.3 is 14.8 Å². The molecule has 2 aromatic carbocycles. The van der Waals surface area contributed by atoms with Crippen molar-refractivity contribution in [2.45, 2.75) is 11.8 Å². The molecule has 0 bridgehead atoms. The molecule has 6 nitrogen and oxygen atoms in total. The van der Waals surface area contributed by atoms with Crippen molar-refractivity contribution in [3.8, 4) is 11.5 Å². The van der Waals surface area contributed by atoms with E-state index in [4.69, 9.17) is 9.47 Å². The first-order valence-electron chi connectivity index (χ1n) is 7.17. The molecule has 24 heavy (non-hydrogen) atoms. The van der Waals surface area contributed by atoms with Crippen LogP contribution in [0.15, 0.2) is 47.4 Å². The van der Waals surface area contributed by atoms with Gasteiger partial charge in [0.1, 0.15) is 5.75 Å². The van der Waals surface area contributed by atoms with Gasteiger partial charge in [0.2, 0.25) is 5.91 Å². The number of anilines is 1. The Balaban J connectivity index is 2.25. The third-order valence-electron chi connectivity index (χ3n) is 3.39. The molecule has 0 atom stereocenters. The van der Waals surface area contributed by atoms with Gasteiger partial charge in [-0.2, -0.15) is 0 Å². The van der Waals surface area contributed by atoms with Gasteiger partial charge in [-0.15, -0.1) is 0 Å². The molecular weight excluding hydrogens is 330 g/mol. The molecule has 0 unspecified atom stereocenters. The Kier molecular flexibility index (Phi) is 5.46. The molecule has 0 saturated heterocycles. The number of aryl methyl sites for hydroxylation is 1. The molecule has 0 spiro atoms. The fourth-order valence-corrected chi connectivity index (χ4v) is 3.67. The number of para-hydroxylation sites is 1. The highest BCUT2D eigenvalue weighted by molar-refractivity contribution is 7.92. The quantitative estimate of drug-likeness (QED) is 0.866. The zero-order valence-corrected chi connectivity index (χ0v) is 14.5. The van der Waals surface area contributed by atoms with Crippen LogP contribution in [-0.2, 0) is 14.6 Å². The lowest BCUT2D eigenvalue weighted by molar-refractivity contribution is -0.113. The maximum Gasteiger partial charge on any atom is 0.239 e. The monoisotopic (exact) mass is 349 g/mol. The standard InChI is InChI=1S/C17H19NO5S/c1-12-9-14(22-2)15(23-3)10-16(12)24(20,21)11-17(19)18-13-7-5-4-6-8-13/h4-10H,11H2,1-3H3,(H,18,19). The smallest absolute Gasteiger partial charge is 0.239 e. The van der Waals surface area contributed by atoms with Crippen LogP contribution in [0.4, 0.5) is 5.69 Å². The summed E-state index contributed by atoms with van der Waals surface area (Å²) in [5.74, 6) is -0.527. The van der Waals surface area contributed by atoms with Crippen molar-refractivity contribution in [1.29, 1.82) is 0 Å². The zero-order chi connectivity index (χ0) is 17.7. The summed E-state index contributed by atoms with van der Waals surface area (Å²) in [6.07, 6.45) is 0. The molecule has 0 aliphatic rings. The second kappa shape index (κ2) is 7.35. The van der Waals surface area contributed by atoms with Gasteiger partial charge >= 0.3 is 0 Å². The van der Waals surface area contributed by atoms with Crippen molar-refractivity contribution in [3.05, 3.63) is 48.0 Å². The summed E-state index contributed by atoms with van der Waals surface area (Å²) in [7, 11) is -0.922. The van der Waals surface area contributed by atoms with E-state index < -0.39 is 21.5 Å². The van der Waals surface area contributed by atoms with Crippen LogP contribution in [0, 0.1) is 6.92 Å². The minimum Gasteiger partial charge on any atom is -0.493 e. The van der Waals surface area contributed by atoms with Crippen LogP contribution in [0.2, 0.25) is 0 Å². The predicted molar refractivity (Wildman–Crippen MR) is 91.4 cm³/mol. The molecule has 1 N–H and O–H groups in total. The molecule has 0 fully saturated rings. The van der Waals surface area contributed by atoms with Gasteiger partial charge in [-0.05, 0) is 30.7 Å². The van der Waals surface area contributed by atoms with Crippen molar-refractivity contribution < 1.29 is 22.7 Å². The van der Waals surface area contributed by atoms with E-state index in [1.54, 1.807) is 43.3 Å². The summed E-state index contributed by atoms with van der Waals surface area (Å²) in [6.45, 7) is 1.64. The van der Waals surface area contributed by atoms with Crippen LogP contribution >= 0.6 is 0 Å². The maximum absolute atomic E-state index is 12.6. The van der Waals surface area contributed by atoms with Crippen molar-refractivity contribution in [2.24, 2.45) is 0 Å². The van der Waals surface area contributed by atoms with Crippen LogP contribution in [-0.4, -0.2) is 34.3 Å². The third-order valence-corrected chi connectivity index (χ3v) is 5.15. The second-order valence-corrected chi connectivity index (χ2v) is 7.10. The number of methoxy groups -OCH3 is 2. The number of hydrogen-bond acceptors (Lipinski definition) is 5. The molecule has 1 amide bonds. The van der Waals surface area contributed by atoms with Crippen molar-refractivity contribution in [2.75, 3.05) is 25.3 Å². The summed E-state index contributed by atoms with van der Waals surface area (Å²) in [4.78, 5) is 12.1. The summed E-state index contributed by atoms with van der Waals surface area (Å²) in [6, 6.07) is 11.6. The van der Waals surface area contributed by atoms with Crippen LogP contribution in [0.3, 0.4) is 0 Å². The first kappa shape index (κ1) is 17.8. The average Bonchev–Trinajstić information content (AvgIpc) is 2.54. The van der Waals surface area contributed by atoms with E-state index in [9.17, 15) is 13.2 Å². The minimum atomic E-state index is -3.82. The molecule has 0 saturated carbocycles. The average molecular weight is 349 g/mol. The number of ether oxygens (including phenoxy) is 2. The van der Waals surface area contributed by atoms with Crippen LogP contribution in [0.25, 0.3) is 0 Å². The molecule has 0 aromatic heterocycles. The lowest BCUT2D eigenvalue weighted by atomic mass is 10.2. The Bertz CT molecular complexity index is 832. The normalized spacial score (nSPS) is 11.0. The fraction of sp³-hybridized carbons (Fsp3) is 0.235. The van der Waals surface area contributed by atoms with Gasteiger partial charge in [-0.3, -0.25) is 4.79 Å². The second-order valence-electron chi connectivity index (χ2n) is 5.15. The molecule has 0 aliphatic carbocycles. The first-order chi connectivity index (χ1) is 11.4. The first-order valence-corrected chi connectivity index (χ1v) is 8.83. The van der Waals surface area contributed by atoms with Gasteiger partial charge in [-0.1, -0.05) is 18.2 Å². The Morgan fingerprint density at radius 2 is 1.62 bits per heavy atom. The topological polar surface area (TPSA) is 81.7 Å². The van der Waals surface area contributed by atoms with E-state index in [0.717, 1.165) is 0 Å². The molecule has 0 heterocycles. The van der Waals surface area contributed by atoms with Gasteiger partial charge in [0.05, 0.1) is 19.1 Å². The van der Waals surface area contributed by atoms with Gasteiger partial charge in [-0.25, -0.2) is 8.42 Å². The van der Waals surface area contributed by atoms with E-state index in [1.807, 2.05) is 0 Å². The number of amides is 1. The zero-order valence-electron chi connectivity index (χ0n) is 13.7. The van der Waals surface area contributed by atoms with Crippen LogP contribution < -0.4 is 14.8 Å². The summed E-state index contributed by atoms with van der Waals surface area (Å²) < 4.78 is 35.4. The Hall–Kier alpha value is -2.54. The van der Waals surface area contributed by atoms with E-state index >= 15 is 0 Å². The lowest BCUT2D eigenvalue weighted by Gasteiger charge is -2.13. The van der Waals surface area contributed by atoms with E-state index in [-0.39, 0.29) is 4.90 Å². The Morgan fingerprint density at radius 1 is 1.04 bits per heavy atom. The van der Waals surface area contributed by atoms with Crippen molar-refractivity contribution >= 4 is 21.4 Å². The molecular formula is C17H19NO5S. The van der Waals surface area contributed by atoms with Gasteiger partial charge in [0.25, 0.3) is 0 Å². The summed E-state index contributed by atoms with van der Waals surface area (Å²) >= 11 is 0. The number of sulfone groups is 1. The minimum absolute atomic E-state index is 0.0448. The number of hydrogen-bond donors (Lipinski definition) is 1. The molecule has 128 valence electrons. The summed E-state index contributed by atoms with van der Waals surface area (Å²) in [5.41, 5.74) is 1.03. The molecule has 2 aromatic rings. The van der Waals surface area contributed by atoms with Gasteiger partial charge in [0.15, 0.2) is 21.3 Å². The molecule has 7 heteroatoms. The number of carbonyl (C=O) groups excluding carboxylic acids is 1. The van der Waals surface area contributed by atoms with Crippen molar-refractivity contribution in [1.82, 2.24) is 0 Å². The van der Waals surface area contributed by atoms with Gasteiger partial charge in [0, 0.05) is 11.8 Å². The predicted octanol–water partition coefficient (Wildman–Crippen LogP) is 2.42. The highest BCUT2D eigenvalue weighted by Crippen LogP contribution is 2.32. The largest absolute Gasteiger partial charge is 0.493 e. The highest BCUT2D eigenvalue weighted by Gasteiger charge is 2.23. The molecule has 0 radical (unpaired) electrons. The highest BCUT2D eigenvalue weighted by atomic mass is 32.2. The van der Waals surface area contributed by atoms with Crippen LogP contribution in [0.1, 0.15) is 5.56 Å². The SMILES string of the molecule is COc1cc(C)c(S(=O)(=O)CC(=O)Nc2ccccc2)cc1OC. The van der Waals surface area contributed by atoms with Crippen molar-refractivity contribution in [3.63, 3.8) is 0 Å². The summed E-state index contributed by atoms with van der Waals surface area (Å²) in [5, 5.41) is 2.56. The maximum atomic E-state index is 12.6. The Morgan fingerprint density at radius 3 is 2.21 bits per heavy atom. The number of rotatable bonds is 6. The fourth-order valence-electron chi connectivity index (χ4n) is 2.27.